The van der Waals surface area contributed by atoms with Gasteiger partial charge in [0, 0.05) is 17.5 Å². The van der Waals surface area contributed by atoms with Crippen molar-refractivity contribution in [3.05, 3.63) is 64.7 Å². The lowest BCUT2D eigenvalue weighted by molar-refractivity contribution is -0.126. The number of carbonyl (C=O) groups excluding carboxylic acids is 1. The van der Waals surface area contributed by atoms with E-state index in [-0.39, 0.29) is 17.2 Å². The van der Waals surface area contributed by atoms with Crippen LogP contribution in [0.5, 0.6) is 5.75 Å². The van der Waals surface area contributed by atoms with Crippen molar-refractivity contribution in [2.45, 2.75) is 45.6 Å². The lowest BCUT2D eigenvalue weighted by Gasteiger charge is -2.31. The molecule has 1 amide bonds. The van der Waals surface area contributed by atoms with Crippen molar-refractivity contribution in [3.8, 4) is 5.75 Å². The van der Waals surface area contributed by atoms with Gasteiger partial charge in [0.05, 0.1) is 6.54 Å². The zero-order valence-electron chi connectivity index (χ0n) is 18.3. The van der Waals surface area contributed by atoms with Crippen LogP contribution in [0.25, 0.3) is 0 Å². The predicted octanol–water partition coefficient (Wildman–Crippen LogP) is 5.04. The molecule has 2 aromatic rings. The third kappa shape index (κ3) is 6.48. The molecule has 0 aliphatic carbocycles. The molecule has 0 unspecified atom stereocenters. The second-order valence-corrected chi connectivity index (χ2v) is 9.46. The van der Waals surface area contributed by atoms with Gasteiger partial charge in [0.2, 0.25) is 5.91 Å². The fraction of sp³-hybridized carbons (Fsp3) is 0.480. The van der Waals surface area contributed by atoms with Crippen LogP contribution in [0, 0.1) is 5.92 Å². The number of rotatable bonds is 7. The summed E-state index contributed by atoms with van der Waals surface area (Å²) in [5, 5.41) is 3.84. The molecule has 0 aromatic heterocycles. The number of halogens is 1. The Morgan fingerprint density at radius 3 is 2.40 bits per heavy atom. The minimum absolute atomic E-state index is 0.0820. The monoisotopic (exact) mass is 428 g/mol. The molecule has 1 aliphatic rings. The van der Waals surface area contributed by atoms with E-state index in [2.05, 4.69) is 49.2 Å². The fourth-order valence-electron chi connectivity index (χ4n) is 3.76. The Labute approximate surface area is 185 Å². The number of carbonyl (C=O) groups is 1. The van der Waals surface area contributed by atoms with Crippen molar-refractivity contribution in [1.82, 2.24) is 10.2 Å². The van der Waals surface area contributed by atoms with Crippen LogP contribution in [-0.2, 0) is 16.8 Å². The Hall–Kier alpha value is -2.04. The summed E-state index contributed by atoms with van der Waals surface area (Å²) in [5.41, 5.74) is 2.56. The molecule has 1 saturated heterocycles. The minimum atomic E-state index is 0.0820. The summed E-state index contributed by atoms with van der Waals surface area (Å²) in [6.07, 6.45) is 1.76. The molecular weight excluding hydrogens is 396 g/mol. The third-order valence-corrected chi connectivity index (χ3v) is 6.07. The lowest BCUT2D eigenvalue weighted by atomic mass is 9.87. The first-order chi connectivity index (χ1) is 14.3. The highest BCUT2D eigenvalue weighted by molar-refractivity contribution is 6.31. The number of nitrogens with one attached hydrogen (secondary N) is 1. The van der Waals surface area contributed by atoms with Gasteiger partial charge in [0.1, 0.15) is 12.4 Å². The van der Waals surface area contributed by atoms with Crippen LogP contribution in [0.15, 0.2) is 48.5 Å². The average Bonchev–Trinajstić information content (AvgIpc) is 2.73. The number of benzene rings is 2. The van der Waals surface area contributed by atoms with Crippen LogP contribution in [-0.4, -0.2) is 37.0 Å². The maximum Gasteiger partial charge on any atom is 0.223 e. The van der Waals surface area contributed by atoms with Crippen molar-refractivity contribution in [1.29, 1.82) is 0 Å². The summed E-state index contributed by atoms with van der Waals surface area (Å²) in [7, 11) is 0. The number of piperidine rings is 1. The Balaban J connectivity index is 1.34. The van der Waals surface area contributed by atoms with E-state index in [0.29, 0.717) is 13.2 Å². The molecule has 0 bridgehead atoms. The van der Waals surface area contributed by atoms with E-state index >= 15 is 0 Å². The molecule has 2 aromatic carbocycles. The van der Waals surface area contributed by atoms with Crippen LogP contribution in [0.1, 0.15) is 44.7 Å². The second kappa shape index (κ2) is 10.3. The minimum Gasteiger partial charge on any atom is -0.492 e. The zero-order chi connectivity index (χ0) is 21.6. The molecule has 162 valence electrons. The number of nitrogens with zero attached hydrogens (tertiary/aromatic N) is 1. The first kappa shape index (κ1) is 22.6. The normalized spacial score (nSPS) is 15.7. The number of ether oxygens (including phenoxy) is 1. The van der Waals surface area contributed by atoms with Crippen LogP contribution in [0.3, 0.4) is 0 Å². The van der Waals surface area contributed by atoms with Gasteiger partial charge in [0.15, 0.2) is 0 Å². The molecule has 0 atom stereocenters. The largest absolute Gasteiger partial charge is 0.492 e. The van der Waals surface area contributed by atoms with Gasteiger partial charge in [-0.2, -0.15) is 0 Å². The molecular formula is C25H33ClN2O2. The summed E-state index contributed by atoms with van der Waals surface area (Å²) in [6, 6.07) is 16.2. The average molecular weight is 429 g/mol. The van der Waals surface area contributed by atoms with E-state index in [0.717, 1.165) is 48.8 Å². The van der Waals surface area contributed by atoms with Crippen molar-refractivity contribution >= 4 is 17.5 Å². The van der Waals surface area contributed by atoms with Gasteiger partial charge in [-0.15, -0.1) is 0 Å². The molecule has 3 rings (SSSR count). The smallest absolute Gasteiger partial charge is 0.223 e. The van der Waals surface area contributed by atoms with Gasteiger partial charge in [-0.1, -0.05) is 62.7 Å². The van der Waals surface area contributed by atoms with Crippen LogP contribution in [0.2, 0.25) is 5.02 Å². The van der Waals surface area contributed by atoms with Gasteiger partial charge in [-0.25, -0.2) is 0 Å². The van der Waals surface area contributed by atoms with E-state index in [1.807, 2.05) is 30.3 Å². The SMILES string of the molecule is CC(C)(C)c1ccc(OCCNC(=O)C2CCN(Cc3ccccc3Cl)CC2)cc1. The fourth-order valence-corrected chi connectivity index (χ4v) is 3.95. The first-order valence-electron chi connectivity index (χ1n) is 10.8. The highest BCUT2D eigenvalue weighted by Crippen LogP contribution is 2.24. The van der Waals surface area contributed by atoms with Gasteiger partial charge in [-0.3, -0.25) is 9.69 Å². The Morgan fingerprint density at radius 2 is 1.77 bits per heavy atom. The molecule has 0 spiro atoms. The summed E-state index contributed by atoms with van der Waals surface area (Å²) in [4.78, 5) is 14.8. The molecule has 1 fully saturated rings. The second-order valence-electron chi connectivity index (χ2n) is 9.06. The Morgan fingerprint density at radius 1 is 1.10 bits per heavy atom. The Bertz CT molecular complexity index is 822. The summed E-state index contributed by atoms with van der Waals surface area (Å²) >= 11 is 6.26. The molecule has 5 heteroatoms. The molecule has 1 N–H and O–H groups in total. The quantitative estimate of drug-likeness (QED) is 0.628. The van der Waals surface area contributed by atoms with E-state index in [1.54, 1.807) is 0 Å². The molecule has 0 radical (unpaired) electrons. The van der Waals surface area contributed by atoms with Gasteiger partial charge in [0.25, 0.3) is 0 Å². The van der Waals surface area contributed by atoms with E-state index in [4.69, 9.17) is 16.3 Å². The summed E-state index contributed by atoms with van der Waals surface area (Å²) < 4.78 is 5.77. The molecule has 1 aliphatic heterocycles. The lowest BCUT2D eigenvalue weighted by Crippen LogP contribution is -2.41. The standard InChI is InChI=1S/C25H33ClN2O2/c1-25(2,3)21-8-10-22(11-9-21)30-17-14-27-24(29)19-12-15-28(16-13-19)18-20-6-4-5-7-23(20)26/h4-11,19H,12-18H2,1-3H3,(H,27,29). The van der Waals surface area contributed by atoms with E-state index in [9.17, 15) is 4.79 Å². The zero-order valence-corrected chi connectivity index (χ0v) is 19.0. The van der Waals surface area contributed by atoms with Crippen molar-refractivity contribution in [3.63, 3.8) is 0 Å². The molecule has 0 saturated carbocycles. The molecule has 30 heavy (non-hydrogen) atoms. The van der Waals surface area contributed by atoms with Gasteiger partial charge < -0.3 is 10.1 Å². The van der Waals surface area contributed by atoms with Gasteiger partial charge in [-0.05, 0) is 60.7 Å². The summed E-state index contributed by atoms with van der Waals surface area (Å²) in [5.74, 6) is 1.06. The topological polar surface area (TPSA) is 41.6 Å². The predicted molar refractivity (Wildman–Crippen MR) is 123 cm³/mol. The first-order valence-corrected chi connectivity index (χ1v) is 11.2. The summed E-state index contributed by atoms with van der Waals surface area (Å²) in [6.45, 7) is 10.3. The Kier molecular flexibility index (Phi) is 7.79. The molecule has 1 heterocycles. The van der Waals surface area contributed by atoms with Crippen LogP contribution in [0.4, 0.5) is 0 Å². The van der Waals surface area contributed by atoms with Crippen LogP contribution < -0.4 is 10.1 Å². The molecule has 4 nitrogen and oxygen atoms in total. The maximum absolute atomic E-state index is 12.5. The number of amides is 1. The number of hydrogen-bond acceptors (Lipinski definition) is 3. The van der Waals surface area contributed by atoms with Crippen molar-refractivity contribution < 1.29 is 9.53 Å². The highest BCUT2D eigenvalue weighted by atomic mass is 35.5. The van der Waals surface area contributed by atoms with Crippen molar-refractivity contribution in [2.24, 2.45) is 5.92 Å². The third-order valence-electron chi connectivity index (χ3n) is 5.70. The number of likely N-dealkylation sites (tertiary alicyclic amines) is 1. The number of hydrogen-bond donors (Lipinski definition) is 1. The van der Waals surface area contributed by atoms with E-state index < -0.39 is 0 Å². The van der Waals surface area contributed by atoms with Crippen LogP contribution >= 0.6 is 11.6 Å². The van der Waals surface area contributed by atoms with E-state index in [1.165, 1.54) is 5.56 Å². The highest BCUT2D eigenvalue weighted by Gasteiger charge is 2.25. The van der Waals surface area contributed by atoms with Crippen molar-refractivity contribution in [2.75, 3.05) is 26.2 Å². The maximum atomic E-state index is 12.5. The van der Waals surface area contributed by atoms with Gasteiger partial charge >= 0.3 is 0 Å².